The van der Waals surface area contributed by atoms with Gasteiger partial charge in [0.2, 0.25) is 12.1 Å². The second kappa shape index (κ2) is 7.32. The van der Waals surface area contributed by atoms with Gasteiger partial charge in [0, 0.05) is 53.8 Å². The molecule has 0 fully saturated rings. The van der Waals surface area contributed by atoms with E-state index in [0.29, 0.717) is 0 Å². The number of hydrogen-bond donors (Lipinski definition) is 1. The Morgan fingerprint density at radius 3 is 2.74 bits per heavy atom. The summed E-state index contributed by atoms with van der Waals surface area (Å²) in [4.78, 5) is 14.4. The molecular weight excluding hydrogens is 393 g/mol. The van der Waals surface area contributed by atoms with Crippen molar-refractivity contribution in [3.63, 3.8) is 0 Å². The van der Waals surface area contributed by atoms with Crippen LogP contribution in [0.15, 0.2) is 67.5 Å². The zero-order valence-electron chi connectivity index (χ0n) is 17.4. The molecule has 5 rings (SSSR count). The van der Waals surface area contributed by atoms with E-state index in [1.54, 1.807) is 17.1 Å². The Kier molecular flexibility index (Phi) is 4.47. The summed E-state index contributed by atoms with van der Waals surface area (Å²) in [7, 11) is 5.71. The maximum Gasteiger partial charge on any atom is 0.231 e. The standard InChI is InChI=1S/C23H20FN7/c1-29-14-27-21(9-22(29)31(3)18-6-4-5-17(24)8-18)20-12-26-23-19(20)7-15(10-25-23)16-11-28-30(2)13-16/h4-14H,1-3H3/p+1. The number of pyridine rings is 1. The number of anilines is 2. The van der Waals surface area contributed by atoms with E-state index in [2.05, 4.69) is 26.1 Å². The Bertz CT molecular complexity index is 1400. The van der Waals surface area contributed by atoms with Crippen molar-refractivity contribution in [1.29, 1.82) is 0 Å². The SMILES string of the molecule is CN(c1cccc(F)c1)c1cc(-c2c[nH]c3ncc(-c4cnn(C)c4)cc23)nc[n+]1C. The first kappa shape index (κ1) is 18.9. The van der Waals surface area contributed by atoms with E-state index in [-0.39, 0.29) is 5.82 Å². The van der Waals surface area contributed by atoms with E-state index in [1.165, 1.54) is 12.1 Å². The van der Waals surface area contributed by atoms with E-state index in [4.69, 9.17) is 0 Å². The Hall–Kier alpha value is -4.07. The van der Waals surface area contributed by atoms with Crippen molar-refractivity contribution in [2.75, 3.05) is 11.9 Å². The van der Waals surface area contributed by atoms with Crippen LogP contribution in [0.2, 0.25) is 0 Å². The van der Waals surface area contributed by atoms with Gasteiger partial charge < -0.3 is 4.98 Å². The molecule has 0 saturated carbocycles. The number of aromatic amines is 1. The maximum absolute atomic E-state index is 13.7. The second-order valence-corrected chi connectivity index (χ2v) is 7.51. The van der Waals surface area contributed by atoms with Crippen molar-refractivity contribution in [3.8, 4) is 22.4 Å². The van der Waals surface area contributed by atoms with Crippen molar-refractivity contribution in [2.45, 2.75) is 0 Å². The number of fused-ring (bicyclic) bond motifs is 1. The molecule has 7 nitrogen and oxygen atoms in total. The van der Waals surface area contributed by atoms with Gasteiger partial charge >= 0.3 is 0 Å². The average molecular weight is 414 g/mol. The van der Waals surface area contributed by atoms with Crippen LogP contribution in [0, 0.1) is 5.82 Å². The first-order chi connectivity index (χ1) is 15.0. The molecule has 4 aromatic heterocycles. The van der Waals surface area contributed by atoms with E-state index < -0.39 is 0 Å². The molecule has 0 saturated heterocycles. The summed E-state index contributed by atoms with van der Waals surface area (Å²) in [6.07, 6.45) is 9.29. The molecule has 154 valence electrons. The van der Waals surface area contributed by atoms with E-state index in [0.717, 1.165) is 44.9 Å². The number of nitrogens with zero attached hydrogens (tertiary/aromatic N) is 6. The molecular formula is C23H21FN7+. The number of hydrogen-bond acceptors (Lipinski definition) is 4. The number of aromatic nitrogens is 6. The van der Waals surface area contributed by atoms with Crippen LogP contribution in [-0.2, 0) is 14.1 Å². The molecule has 0 aliphatic carbocycles. The highest BCUT2D eigenvalue weighted by Crippen LogP contribution is 2.31. The lowest BCUT2D eigenvalue weighted by Crippen LogP contribution is -2.36. The molecule has 0 unspecified atom stereocenters. The molecule has 31 heavy (non-hydrogen) atoms. The van der Waals surface area contributed by atoms with E-state index in [9.17, 15) is 4.39 Å². The summed E-state index contributed by atoms with van der Waals surface area (Å²) in [6.45, 7) is 0. The maximum atomic E-state index is 13.7. The van der Waals surface area contributed by atoms with Gasteiger partial charge in [-0.3, -0.25) is 9.58 Å². The summed E-state index contributed by atoms with van der Waals surface area (Å²) < 4.78 is 17.4. The van der Waals surface area contributed by atoms with Crippen molar-refractivity contribution >= 4 is 22.5 Å². The van der Waals surface area contributed by atoms with E-state index >= 15 is 0 Å². The fourth-order valence-corrected chi connectivity index (χ4v) is 3.71. The first-order valence-corrected chi connectivity index (χ1v) is 9.81. The molecule has 0 bridgehead atoms. The summed E-state index contributed by atoms with van der Waals surface area (Å²) >= 11 is 0. The lowest BCUT2D eigenvalue weighted by atomic mass is 10.1. The summed E-state index contributed by atoms with van der Waals surface area (Å²) in [6, 6.07) is 10.6. The number of rotatable bonds is 4. The van der Waals surface area contributed by atoms with Crippen molar-refractivity contribution in [2.24, 2.45) is 14.1 Å². The normalized spacial score (nSPS) is 11.2. The molecule has 1 aromatic carbocycles. The van der Waals surface area contributed by atoms with Crippen LogP contribution in [0.5, 0.6) is 0 Å². The fraction of sp³-hybridized carbons (Fsp3) is 0.130. The molecule has 0 radical (unpaired) electrons. The predicted molar refractivity (Wildman–Crippen MR) is 117 cm³/mol. The minimum Gasteiger partial charge on any atom is -0.345 e. The van der Waals surface area contributed by atoms with Gasteiger partial charge in [0.15, 0.2) is 5.69 Å². The molecule has 0 aliphatic rings. The lowest BCUT2D eigenvalue weighted by molar-refractivity contribution is -0.661. The van der Waals surface area contributed by atoms with Crippen LogP contribution < -0.4 is 9.47 Å². The highest BCUT2D eigenvalue weighted by atomic mass is 19.1. The smallest absolute Gasteiger partial charge is 0.231 e. The number of aryl methyl sites for hydroxylation is 2. The molecule has 8 heteroatoms. The summed E-state index contributed by atoms with van der Waals surface area (Å²) in [5.74, 6) is 0.605. The summed E-state index contributed by atoms with van der Waals surface area (Å²) in [5.41, 5.74) is 5.28. The number of benzene rings is 1. The monoisotopic (exact) mass is 414 g/mol. The van der Waals surface area contributed by atoms with Crippen LogP contribution >= 0.6 is 0 Å². The van der Waals surface area contributed by atoms with Gasteiger partial charge in [0.1, 0.15) is 17.2 Å². The van der Waals surface area contributed by atoms with Gasteiger partial charge in [-0.1, -0.05) is 6.07 Å². The average Bonchev–Trinajstić information content (AvgIpc) is 3.39. The third-order valence-electron chi connectivity index (χ3n) is 5.38. The van der Waals surface area contributed by atoms with Crippen LogP contribution in [0.3, 0.4) is 0 Å². The Labute approximate surface area is 178 Å². The molecule has 0 aliphatic heterocycles. The van der Waals surface area contributed by atoms with E-state index in [1.807, 2.05) is 67.5 Å². The number of nitrogens with one attached hydrogen (secondary N) is 1. The van der Waals surface area contributed by atoms with Gasteiger partial charge in [-0.25, -0.2) is 13.9 Å². The third-order valence-corrected chi connectivity index (χ3v) is 5.38. The minimum atomic E-state index is -0.271. The van der Waals surface area contributed by atoms with Gasteiger partial charge in [-0.2, -0.15) is 5.10 Å². The Morgan fingerprint density at radius 1 is 1.10 bits per heavy atom. The van der Waals surface area contributed by atoms with Crippen LogP contribution in [0.25, 0.3) is 33.4 Å². The second-order valence-electron chi connectivity index (χ2n) is 7.51. The molecule has 1 N–H and O–H groups in total. The highest BCUT2D eigenvalue weighted by Gasteiger charge is 2.19. The first-order valence-electron chi connectivity index (χ1n) is 9.81. The van der Waals surface area contributed by atoms with Gasteiger partial charge in [-0.05, 0) is 18.2 Å². The Morgan fingerprint density at radius 2 is 1.97 bits per heavy atom. The predicted octanol–water partition coefficient (Wildman–Crippen LogP) is 3.76. The van der Waals surface area contributed by atoms with Gasteiger partial charge in [0.25, 0.3) is 0 Å². The summed E-state index contributed by atoms with van der Waals surface area (Å²) in [5, 5.41) is 5.22. The van der Waals surface area contributed by atoms with Crippen molar-refractivity contribution in [1.82, 2.24) is 24.7 Å². The Balaban J connectivity index is 1.59. The molecule has 5 aromatic rings. The highest BCUT2D eigenvalue weighted by molar-refractivity contribution is 5.95. The minimum absolute atomic E-state index is 0.271. The van der Waals surface area contributed by atoms with Crippen molar-refractivity contribution in [3.05, 3.63) is 73.3 Å². The molecule has 0 amide bonds. The van der Waals surface area contributed by atoms with Crippen molar-refractivity contribution < 1.29 is 8.96 Å². The zero-order valence-corrected chi connectivity index (χ0v) is 17.4. The number of H-pyrrole nitrogens is 1. The lowest BCUT2D eigenvalue weighted by Gasteiger charge is -2.16. The fourth-order valence-electron chi connectivity index (χ4n) is 3.71. The van der Waals surface area contributed by atoms with Crippen LogP contribution in [-0.4, -0.2) is 31.8 Å². The topological polar surface area (TPSA) is 66.5 Å². The molecule has 0 spiro atoms. The number of halogens is 1. The van der Waals surface area contributed by atoms with Gasteiger partial charge in [-0.15, -0.1) is 4.98 Å². The quantitative estimate of drug-likeness (QED) is 0.455. The third kappa shape index (κ3) is 3.42. The molecule has 0 atom stereocenters. The zero-order chi connectivity index (χ0) is 21.5. The van der Waals surface area contributed by atoms with Crippen LogP contribution in [0.1, 0.15) is 0 Å². The van der Waals surface area contributed by atoms with Gasteiger partial charge in [0.05, 0.1) is 26.4 Å². The van der Waals surface area contributed by atoms with Crippen LogP contribution in [0.4, 0.5) is 15.9 Å². The molecule has 4 heterocycles. The largest absolute Gasteiger partial charge is 0.345 e.